The first-order chi connectivity index (χ1) is 11.5. The fourth-order valence-electron chi connectivity index (χ4n) is 2.45. The minimum Gasteiger partial charge on any atom is -0.383 e. The van der Waals surface area contributed by atoms with E-state index in [0.717, 1.165) is 23.3 Å². The number of hydrogen-bond acceptors (Lipinski definition) is 4. The van der Waals surface area contributed by atoms with Gasteiger partial charge in [0, 0.05) is 23.1 Å². The molecule has 0 aliphatic carbocycles. The Morgan fingerprint density at radius 3 is 1.71 bits per heavy atom. The van der Waals surface area contributed by atoms with Crippen molar-refractivity contribution in [2.24, 2.45) is 0 Å². The molecule has 0 unspecified atom stereocenters. The van der Waals surface area contributed by atoms with Gasteiger partial charge in [0.2, 0.25) is 0 Å². The Bertz CT molecular complexity index is 870. The van der Waals surface area contributed by atoms with Crippen molar-refractivity contribution in [3.63, 3.8) is 0 Å². The normalized spacial score (nSPS) is 11.0. The van der Waals surface area contributed by atoms with Crippen LogP contribution in [0.15, 0.2) is 84.9 Å². The zero-order valence-corrected chi connectivity index (χ0v) is 14.0. The fourth-order valence-corrected chi connectivity index (χ4v) is 2.90. The lowest BCUT2D eigenvalue weighted by Gasteiger charge is -2.25. The Hall–Kier alpha value is -2.79. The molecule has 0 aliphatic rings. The highest BCUT2D eigenvalue weighted by atomic mass is 32.2. The second kappa shape index (κ2) is 6.76. The third-order valence-electron chi connectivity index (χ3n) is 3.35. The molecule has 0 aromatic heterocycles. The molecule has 0 spiro atoms. The highest BCUT2D eigenvalue weighted by molar-refractivity contribution is 7.86. The lowest BCUT2D eigenvalue weighted by Crippen LogP contribution is -2.10. The predicted molar refractivity (Wildman–Crippen MR) is 96.6 cm³/mol. The van der Waals surface area contributed by atoms with Crippen LogP contribution >= 0.6 is 0 Å². The van der Waals surface area contributed by atoms with E-state index in [1.165, 1.54) is 0 Å². The van der Waals surface area contributed by atoms with Crippen molar-refractivity contribution in [3.05, 3.63) is 84.9 Å². The van der Waals surface area contributed by atoms with Gasteiger partial charge in [0.05, 0.1) is 6.26 Å². The van der Waals surface area contributed by atoms with E-state index in [4.69, 9.17) is 4.18 Å². The molecular weight excluding hydrogens is 322 g/mol. The second-order valence-electron chi connectivity index (χ2n) is 5.29. The fraction of sp³-hybridized carbons (Fsp3) is 0.0526. The van der Waals surface area contributed by atoms with E-state index in [9.17, 15) is 8.42 Å². The van der Waals surface area contributed by atoms with Crippen molar-refractivity contribution in [3.8, 4) is 5.75 Å². The maximum absolute atomic E-state index is 11.4. The number of rotatable bonds is 5. The van der Waals surface area contributed by atoms with E-state index in [1.807, 2.05) is 71.6 Å². The Balaban J connectivity index is 2.08. The summed E-state index contributed by atoms with van der Waals surface area (Å²) in [7, 11) is -3.57. The third-order valence-corrected chi connectivity index (χ3v) is 3.85. The molecule has 0 N–H and O–H groups in total. The SMILES string of the molecule is CS(=O)(=O)Oc1cccc(N(c2ccccc2)c2ccccc2)c1. The molecule has 122 valence electrons. The van der Waals surface area contributed by atoms with E-state index < -0.39 is 10.1 Å². The molecule has 0 heterocycles. The lowest BCUT2D eigenvalue weighted by atomic mass is 10.2. The third kappa shape index (κ3) is 3.94. The van der Waals surface area contributed by atoms with E-state index in [2.05, 4.69) is 0 Å². The number of anilines is 3. The van der Waals surface area contributed by atoms with Gasteiger partial charge in [-0.25, -0.2) is 0 Å². The zero-order valence-electron chi connectivity index (χ0n) is 13.2. The van der Waals surface area contributed by atoms with Crippen LogP contribution in [0.5, 0.6) is 5.75 Å². The van der Waals surface area contributed by atoms with Crippen molar-refractivity contribution < 1.29 is 12.6 Å². The van der Waals surface area contributed by atoms with Gasteiger partial charge in [0.15, 0.2) is 0 Å². The molecule has 0 aliphatic heterocycles. The lowest BCUT2D eigenvalue weighted by molar-refractivity contribution is 0.493. The summed E-state index contributed by atoms with van der Waals surface area (Å²) in [5.41, 5.74) is 2.76. The highest BCUT2D eigenvalue weighted by Gasteiger charge is 2.13. The molecule has 3 aromatic carbocycles. The summed E-state index contributed by atoms with van der Waals surface area (Å²) in [6, 6.07) is 26.8. The van der Waals surface area contributed by atoms with Gasteiger partial charge in [-0.3, -0.25) is 0 Å². The van der Waals surface area contributed by atoms with Crippen LogP contribution in [0.1, 0.15) is 0 Å². The van der Waals surface area contributed by atoms with Gasteiger partial charge in [-0.05, 0) is 36.4 Å². The van der Waals surface area contributed by atoms with Gasteiger partial charge in [0.1, 0.15) is 5.75 Å². The summed E-state index contributed by atoms with van der Waals surface area (Å²) >= 11 is 0. The average Bonchev–Trinajstić information content (AvgIpc) is 2.56. The van der Waals surface area contributed by atoms with Crippen LogP contribution in [0.3, 0.4) is 0 Å². The Morgan fingerprint density at radius 1 is 0.708 bits per heavy atom. The minimum absolute atomic E-state index is 0.284. The van der Waals surface area contributed by atoms with Crippen LogP contribution in [0, 0.1) is 0 Å². The van der Waals surface area contributed by atoms with Gasteiger partial charge in [-0.1, -0.05) is 42.5 Å². The van der Waals surface area contributed by atoms with Crippen LogP contribution in [-0.4, -0.2) is 14.7 Å². The number of para-hydroxylation sites is 2. The number of benzene rings is 3. The monoisotopic (exact) mass is 339 g/mol. The van der Waals surface area contributed by atoms with Crippen molar-refractivity contribution in [2.75, 3.05) is 11.2 Å². The van der Waals surface area contributed by atoms with E-state index in [-0.39, 0.29) is 5.75 Å². The number of nitrogens with zero attached hydrogens (tertiary/aromatic N) is 1. The van der Waals surface area contributed by atoms with Crippen LogP contribution < -0.4 is 9.08 Å². The summed E-state index contributed by atoms with van der Waals surface area (Å²) in [4.78, 5) is 2.04. The summed E-state index contributed by atoms with van der Waals surface area (Å²) in [6.45, 7) is 0. The Labute approximate surface area is 142 Å². The first-order valence-corrected chi connectivity index (χ1v) is 9.24. The maximum Gasteiger partial charge on any atom is 0.306 e. The topological polar surface area (TPSA) is 46.6 Å². The molecule has 24 heavy (non-hydrogen) atoms. The standard InChI is InChI=1S/C19H17NO3S/c1-24(21,22)23-19-14-8-13-18(15-19)20(16-9-4-2-5-10-16)17-11-6-3-7-12-17/h2-15H,1H3. The summed E-state index contributed by atoms with van der Waals surface area (Å²) < 4.78 is 27.8. The molecule has 0 saturated heterocycles. The van der Waals surface area contributed by atoms with E-state index in [0.29, 0.717) is 0 Å². The molecule has 0 fully saturated rings. The highest BCUT2D eigenvalue weighted by Crippen LogP contribution is 2.35. The molecule has 0 radical (unpaired) electrons. The predicted octanol–water partition coefficient (Wildman–Crippen LogP) is 4.49. The van der Waals surface area contributed by atoms with Crippen LogP contribution in [0.25, 0.3) is 0 Å². The largest absolute Gasteiger partial charge is 0.383 e. The molecule has 3 aromatic rings. The molecule has 5 heteroatoms. The van der Waals surface area contributed by atoms with Crippen LogP contribution in [-0.2, 0) is 10.1 Å². The zero-order chi connectivity index (χ0) is 17.0. The van der Waals surface area contributed by atoms with Crippen LogP contribution in [0.4, 0.5) is 17.1 Å². The Kier molecular flexibility index (Phi) is 4.53. The molecule has 0 amide bonds. The van der Waals surface area contributed by atoms with Gasteiger partial charge in [0.25, 0.3) is 0 Å². The summed E-state index contributed by atoms with van der Waals surface area (Å²) in [5, 5.41) is 0. The van der Waals surface area contributed by atoms with Gasteiger partial charge in [-0.2, -0.15) is 8.42 Å². The first-order valence-electron chi connectivity index (χ1n) is 7.43. The minimum atomic E-state index is -3.57. The molecule has 0 bridgehead atoms. The van der Waals surface area contributed by atoms with Gasteiger partial charge >= 0.3 is 10.1 Å². The molecule has 0 atom stereocenters. The Morgan fingerprint density at radius 2 is 1.21 bits per heavy atom. The maximum atomic E-state index is 11.4. The van der Waals surface area contributed by atoms with Crippen molar-refractivity contribution >= 4 is 27.2 Å². The second-order valence-corrected chi connectivity index (χ2v) is 6.87. The van der Waals surface area contributed by atoms with Gasteiger partial charge < -0.3 is 9.08 Å². The average molecular weight is 339 g/mol. The first kappa shape index (κ1) is 16.1. The van der Waals surface area contributed by atoms with Gasteiger partial charge in [-0.15, -0.1) is 0 Å². The summed E-state index contributed by atoms with van der Waals surface area (Å²) in [5.74, 6) is 0.284. The van der Waals surface area contributed by atoms with E-state index >= 15 is 0 Å². The van der Waals surface area contributed by atoms with Crippen molar-refractivity contribution in [2.45, 2.75) is 0 Å². The number of hydrogen-bond donors (Lipinski definition) is 0. The summed E-state index contributed by atoms with van der Waals surface area (Å²) in [6.07, 6.45) is 1.03. The molecule has 0 saturated carbocycles. The van der Waals surface area contributed by atoms with E-state index in [1.54, 1.807) is 18.2 Å². The molecular formula is C19H17NO3S. The smallest absolute Gasteiger partial charge is 0.306 e. The molecule has 4 nitrogen and oxygen atoms in total. The van der Waals surface area contributed by atoms with Crippen molar-refractivity contribution in [1.29, 1.82) is 0 Å². The van der Waals surface area contributed by atoms with Crippen molar-refractivity contribution in [1.82, 2.24) is 0 Å². The molecule has 3 rings (SSSR count). The quantitative estimate of drug-likeness (QED) is 0.642. The van der Waals surface area contributed by atoms with Crippen LogP contribution in [0.2, 0.25) is 0 Å².